The molecule has 0 bridgehead atoms. The lowest BCUT2D eigenvalue weighted by Crippen LogP contribution is -2.63. The normalized spacial score (nSPS) is 40.1. The molecule has 0 aromatic carbocycles. The molecule has 2 atom stereocenters. The van der Waals surface area contributed by atoms with Crippen LogP contribution in [0.3, 0.4) is 0 Å². The largest absolute Gasteiger partial charge is 0.313 e. The van der Waals surface area contributed by atoms with Gasteiger partial charge in [-0.15, -0.1) is 0 Å². The van der Waals surface area contributed by atoms with E-state index in [9.17, 15) is 0 Å². The molecule has 2 unspecified atom stereocenters. The molecule has 0 saturated carbocycles. The second-order valence-corrected chi connectivity index (χ2v) is 3.55. The number of rotatable bonds is 1. The fourth-order valence-electron chi connectivity index (χ4n) is 1.87. The smallest absolute Gasteiger partial charge is 0.0728 e. The van der Waals surface area contributed by atoms with Crippen molar-refractivity contribution in [1.29, 1.82) is 0 Å². The van der Waals surface area contributed by atoms with Crippen LogP contribution in [0.25, 0.3) is 0 Å². The first-order valence-corrected chi connectivity index (χ1v) is 4.58. The van der Waals surface area contributed by atoms with Gasteiger partial charge in [-0.05, 0) is 13.3 Å². The molecule has 2 saturated heterocycles. The summed E-state index contributed by atoms with van der Waals surface area (Å²) in [5, 5.41) is 6.92. The molecule has 0 aliphatic carbocycles. The van der Waals surface area contributed by atoms with E-state index in [0.29, 0.717) is 6.17 Å². The number of hydrogen-bond acceptors (Lipinski definition) is 3. The zero-order valence-corrected chi connectivity index (χ0v) is 7.14. The van der Waals surface area contributed by atoms with Crippen LogP contribution in [0.5, 0.6) is 0 Å². The van der Waals surface area contributed by atoms with E-state index in [1.807, 2.05) is 0 Å². The fraction of sp³-hybridized carbons (Fsp3) is 1.00. The topological polar surface area (TPSA) is 27.3 Å². The predicted molar refractivity (Wildman–Crippen MR) is 45.4 cm³/mol. The zero-order valence-electron chi connectivity index (χ0n) is 7.14. The van der Waals surface area contributed by atoms with Crippen molar-refractivity contribution in [2.24, 2.45) is 0 Å². The highest BCUT2D eigenvalue weighted by Crippen LogP contribution is 2.18. The lowest BCUT2D eigenvalue weighted by atomic mass is 10.0. The number of hydrogen-bond donors (Lipinski definition) is 2. The van der Waals surface area contributed by atoms with Crippen molar-refractivity contribution in [1.82, 2.24) is 15.5 Å². The average molecular weight is 155 g/mol. The van der Waals surface area contributed by atoms with Crippen LogP contribution in [0.15, 0.2) is 0 Å². The Morgan fingerprint density at radius 2 is 2.27 bits per heavy atom. The lowest BCUT2D eigenvalue weighted by Gasteiger charge is -2.46. The Hall–Kier alpha value is -0.120. The molecule has 2 rings (SSSR count). The molecule has 64 valence electrons. The second-order valence-electron chi connectivity index (χ2n) is 3.55. The van der Waals surface area contributed by atoms with Crippen molar-refractivity contribution in [2.45, 2.75) is 25.6 Å². The van der Waals surface area contributed by atoms with Gasteiger partial charge in [0, 0.05) is 32.2 Å². The van der Waals surface area contributed by atoms with Gasteiger partial charge in [-0.2, -0.15) is 0 Å². The summed E-state index contributed by atoms with van der Waals surface area (Å²) in [4.78, 5) is 2.53. The lowest BCUT2D eigenvalue weighted by molar-refractivity contribution is 0.0291. The number of likely N-dealkylation sites (tertiary alicyclic amines) is 1. The van der Waals surface area contributed by atoms with Gasteiger partial charge in [0.1, 0.15) is 0 Å². The highest BCUT2D eigenvalue weighted by molar-refractivity contribution is 4.86. The van der Waals surface area contributed by atoms with Crippen LogP contribution in [-0.2, 0) is 0 Å². The van der Waals surface area contributed by atoms with Gasteiger partial charge in [0.15, 0.2) is 0 Å². The molecule has 0 spiro atoms. The third-order valence-electron chi connectivity index (χ3n) is 2.79. The Balaban J connectivity index is 1.83. The molecule has 2 aliphatic heterocycles. The van der Waals surface area contributed by atoms with E-state index in [-0.39, 0.29) is 0 Å². The van der Waals surface area contributed by atoms with Gasteiger partial charge < -0.3 is 5.32 Å². The molecule has 0 aromatic heterocycles. The number of nitrogens with one attached hydrogen (secondary N) is 2. The molecular weight excluding hydrogens is 138 g/mol. The minimum Gasteiger partial charge on any atom is -0.313 e. The minimum atomic E-state index is 0.604. The quantitative estimate of drug-likeness (QED) is 0.539. The molecular formula is C8H17N3. The van der Waals surface area contributed by atoms with Gasteiger partial charge in [-0.3, -0.25) is 10.2 Å². The molecule has 2 N–H and O–H groups in total. The Labute approximate surface area is 68.1 Å². The Kier molecular flexibility index (Phi) is 2.11. The van der Waals surface area contributed by atoms with Gasteiger partial charge in [0.25, 0.3) is 0 Å². The van der Waals surface area contributed by atoms with Crippen LogP contribution in [0, 0.1) is 0 Å². The summed E-state index contributed by atoms with van der Waals surface area (Å²) in [6, 6.07) is 0.799. The van der Waals surface area contributed by atoms with Gasteiger partial charge in [0.2, 0.25) is 0 Å². The maximum Gasteiger partial charge on any atom is 0.0728 e. The third kappa shape index (κ3) is 1.41. The van der Waals surface area contributed by atoms with Crippen molar-refractivity contribution in [3.8, 4) is 0 Å². The Morgan fingerprint density at radius 3 is 2.73 bits per heavy atom. The van der Waals surface area contributed by atoms with Gasteiger partial charge >= 0.3 is 0 Å². The molecule has 0 radical (unpaired) electrons. The highest BCUT2D eigenvalue weighted by atomic mass is 15.3. The zero-order chi connectivity index (χ0) is 7.68. The highest BCUT2D eigenvalue weighted by Gasteiger charge is 2.30. The summed E-state index contributed by atoms with van der Waals surface area (Å²) in [7, 11) is 0. The molecule has 11 heavy (non-hydrogen) atoms. The summed E-state index contributed by atoms with van der Waals surface area (Å²) in [5.74, 6) is 0. The van der Waals surface area contributed by atoms with Crippen molar-refractivity contribution in [3.05, 3.63) is 0 Å². The van der Waals surface area contributed by atoms with Crippen LogP contribution in [0.2, 0.25) is 0 Å². The van der Waals surface area contributed by atoms with Crippen LogP contribution in [-0.4, -0.2) is 43.3 Å². The van der Waals surface area contributed by atoms with Crippen molar-refractivity contribution in [2.75, 3.05) is 26.2 Å². The monoisotopic (exact) mass is 155 g/mol. The molecule has 3 nitrogen and oxygen atoms in total. The van der Waals surface area contributed by atoms with Crippen molar-refractivity contribution >= 4 is 0 Å². The molecule has 2 aliphatic rings. The first kappa shape index (κ1) is 7.53. The van der Waals surface area contributed by atoms with Crippen molar-refractivity contribution in [3.63, 3.8) is 0 Å². The van der Waals surface area contributed by atoms with E-state index in [2.05, 4.69) is 22.5 Å². The first-order chi connectivity index (χ1) is 5.38. The summed E-state index contributed by atoms with van der Waals surface area (Å²) in [6.45, 7) is 6.94. The molecule has 2 heterocycles. The Bertz CT molecular complexity index is 131. The predicted octanol–water partition coefficient (Wildman–Crippen LogP) is -0.400. The maximum absolute atomic E-state index is 3.51. The first-order valence-electron chi connectivity index (χ1n) is 4.58. The van der Waals surface area contributed by atoms with Crippen LogP contribution >= 0.6 is 0 Å². The third-order valence-corrected chi connectivity index (χ3v) is 2.79. The van der Waals surface area contributed by atoms with Crippen LogP contribution in [0.4, 0.5) is 0 Å². The van der Waals surface area contributed by atoms with Gasteiger partial charge in [-0.1, -0.05) is 0 Å². The number of piperazine rings is 1. The van der Waals surface area contributed by atoms with Crippen LogP contribution < -0.4 is 10.6 Å². The summed E-state index contributed by atoms with van der Waals surface area (Å²) >= 11 is 0. The van der Waals surface area contributed by atoms with Crippen LogP contribution in [0.1, 0.15) is 13.3 Å². The standard InChI is InChI=1S/C8H17N3/c1-7-2-5-11(7)8-6-9-3-4-10-8/h7-10H,2-6H2,1H3. The summed E-state index contributed by atoms with van der Waals surface area (Å²) in [6.07, 6.45) is 1.98. The van der Waals surface area contributed by atoms with E-state index in [1.54, 1.807) is 0 Å². The maximum atomic E-state index is 3.51. The second kappa shape index (κ2) is 3.09. The van der Waals surface area contributed by atoms with Gasteiger partial charge in [-0.25, -0.2) is 0 Å². The van der Waals surface area contributed by atoms with E-state index in [4.69, 9.17) is 0 Å². The minimum absolute atomic E-state index is 0.604. The Morgan fingerprint density at radius 1 is 1.36 bits per heavy atom. The SMILES string of the molecule is CC1CCN1C1CNCCN1. The van der Waals surface area contributed by atoms with E-state index < -0.39 is 0 Å². The summed E-state index contributed by atoms with van der Waals surface area (Å²) < 4.78 is 0. The fourth-order valence-corrected chi connectivity index (χ4v) is 1.87. The molecule has 2 fully saturated rings. The molecule has 0 aromatic rings. The average Bonchev–Trinajstić information content (AvgIpc) is 2.04. The van der Waals surface area contributed by atoms with E-state index in [1.165, 1.54) is 13.0 Å². The summed E-state index contributed by atoms with van der Waals surface area (Å²) in [5.41, 5.74) is 0. The van der Waals surface area contributed by atoms with Crippen molar-refractivity contribution < 1.29 is 0 Å². The molecule has 0 amide bonds. The molecule has 3 heteroatoms. The van der Waals surface area contributed by atoms with E-state index in [0.717, 1.165) is 25.7 Å². The van der Waals surface area contributed by atoms with Gasteiger partial charge in [0.05, 0.1) is 6.17 Å². The van der Waals surface area contributed by atoms with E-state index >= 15 is 0 Å². The number of nitrogens with zero attached hydrogens (tertiary/aromatic N) is 1.